The molecule has 19 heavy (non-hydrogen) atoms. The van der Waals surface area contributed by atoms with Crippen molar-refractivity contribution in [1.82, 2.24) is 4.72 Å². The molecule has 0 radical (unpaired) electrons. The van der Waals surface area contributed by atoms with Gasteiger partial charge in [-0.3, -0.25) is 9.52 Å². The van der Waals surface area contributed by atoms with Gasteiger partial charge in [0.25, 0.3) is 10.0 Å². The largest absolute Gasteiger partial charge is 0.294 e. The average molecular weight is 279 g/mol. The van der Waals surface area contributed by atoms with E-state index in [4.69, 9.17) is 0 Å². The zero-order valence-electron chi connectivity index (χ0n) is 10.8. The van der Waals surface area contributed by atoms with Gasteiger partial charge in [0, 0.05) is 18.2 Å². The van der Waals surface area contributed by atoms with Crippen molar-refractivity contribution in [2.75, 3.05) is 0 Å². The second kappa shape index (κ2) is 5.57. The summed E-state index contributed by atoms with van der Waals surface area (Å²) in [5, 5.41) is 0. The first-order valence-corrected chi connectivity index (χ1v) is 7.78. The van der Waals surface area contributed by atoms with E-state index in [1.54, 1.807) is 24.3 Å². The minimum Gasteiger partial charge on any atom is -0.294 e. The molecule has 4 nitrogen and oxygen atoms in total. The van der Waals surface area contributed by atoms with Crippen molar-refractivity contribution >= 4 is 15.8 Å². The van der Waals surface area contributed by atoms with Crippen molar-refractivity contribution in [3.05, 3.63) is 41.6 Å². The number of nitrogens with one attached hydrogen (secondary N) is 1. The molecule has 1 aromatic rings. The summed E-state index contributed by atoms with van der Waals surface area (Å²) in [5.41, 5.74) is 1.57. The molecule has 0 atom stereocenters. The maximum absolute atomic E-state index is 12.0. The standard InChI is InChI=1S/C14H17NO3S/c1-11-6-8-13(9-7-11)19(17,18)15-10-12-4-2-3-5-14(12)16/h6-10,15H,2-5H2,1H3. The third-order valence-electron chi connectivity index (χ3n) is 3.18. The third kappa shape index (κ3) is 3.44. The molecule has 0 amide bonds. The molecule has 0 aliphatic heterocycles. The lowest BCUT2D eigenvalue weighted by Gasteiger charge is -2.13. The maximum atomic E-state index is 12.0. The Morgan fingerprint density at radius 1 is 1.11 bits per heavy atom. The fourth-order valence-electron chi connectivity index (χ4n) is 1.99. The Balaban J connectivity index is 2.15. The smallest absolute Gasteiger partial charge is 0.261 e. The van der Waals surface area contributed by atoms with Crippen LogP contribution in [0.15, 0.2) is 40.9 Å². The number of carbonyl (C=O) groups excluding carboxylic acids is 1. The van der Waals surface area contributed by atoms with Gasteiger partial charge in [-0.25, -0.2) is 8.42 Å². The lowest BCUT2D eigenvalue weighted by atomic mass is 9.94. The molecule has 1 fully saturated rings. The minimum atomic E-state index is -3.58. The highest BCUT2D eigenvalue weighted by Crippen LogP contribution is 2.19. The Hall–Kier alpha value is -1.62. The Kier molecular flexibility index (Phi) is 4.04. The molecule has 2 rings (SSSR count). The summed E-state index contributed by atoms with van der Waals surface area (Å²) in [7, 11) is -3.58. The summed E-state index contributed by atoms with van der Waals surface area (Å²) >= 11 is 0. The first-order chi connectivity index (χ1) is 8.99. The van der Waals surface area contributed by atoms with Gasteiger partial charge < -0.3 is 0 Å². The number of allylic oxidation sites excluding steroid dienone is 1. The highest BCUT2D eigenvalue weighted by atomic mass is 32.2. The quantitative estimate of drug-likeness (QED) is 0.863. The fourth-order valence-corrected chi connectivity index (χ4v) is 2.92. The second-order valence-corrected chi connectivity index (χ2v) is 6.45. The Morgan fingerprint density at radius 3 is 2.37 bits per heavy atom. The minimum absolute atomic E-state index is 0.0397. The van der Waals surface area contributed by atoms with Gasteiger partial charge in [0.2, 0.25) is 0 Å². The highest BCUT2D eigenvalue weighted by molar-refractivity contribution is 7.89. The number of aryl methyl sites for hydroxylation is 1. The lowest BCUT2D eigenvalue weighted by Crippen LogP contribution is -2.20. The number of ketones is 1. The van der Waals surface area contributed by atoms with E-state index < -0.39 is 10.0 Å². The van der Waals surface area contributed by atoms with Crippen molar-refractivity contribution in [1.29, 1.82) is 0 Å². The lowest BCUT2D eigenvalue weighted by molar-refractivity contribution is -0.116. The highest BCUT2D eigenvalue weighted by Gasteiger charge is 2.17. The van der Waals surface area contributed by atoms with Crippen LogP contribution in [0.25, 0.3) is 0 Å². The van der Waals surface area contributed by atoms with Crippen LogP contribution >= 0.6 is 0 Å². The predicted molar refractivity (Wildman–Crippen MR) is 73.1 cm³/mol. The molecule has 0 spiro atoms. The maximum Gasteiger partial charge on any atom is 0.261 e. The van der Waals surface area contributed by atoms with Gasteiger partial charge in [0.15, 0.2) is 5.78 Å². The van der Waals surface area contributed by atoms with Gasteiger partial charge in [-0.15, -0.1) is 0 Å². The van der Waals surface area contributed by atoms with Gasteiger partial charge in [-0.2, -0.15) is 0 Å². The van der Waals surface area contributed by atoms with Crippen LogP contribution in [0.3, 0.4) is 0 Å². The predicted octanol–water partition coefficient (Wildman–Crippen LogP) is 2.30. The van der Waals surface area contributed by atoms with Crippen LogP contribution in [-0.4, -0.2) is 14.2 Å². The van der Waals surface area contributed by atoms with Gasteiger partial charge in [0.05, 0.1) is 4.90 Å². The van der Waals surface area contributed by atoms with Crippen molar-refractivity contribution in [2.24, 2.45) is 0 Å². The van der Waals surface area contributed by atoms with E-state index in [0.717, 1.165) is 18.4 Å². The molecule has 5 heteroatoms. The monoisotopic (exact) mass is 279 g/mol. The first-order valence-electron chi connectivity index (χ1n) is 6.30. The van der Waals surface area contributed by atoms with E-state index in [2.05, 4.69) is 4.72 Å². The number of sulfonamides is 1. The van der Waals surface area contributed by atoms with Crippen LogP contribution in [0.5, 0.6) is 0 Å². The van der Waals surface area contributed by atoms with E-state index in [-0.39, 0.29) is 10.7 Å². The Labute approximate surface area is 113 Å². The van der Waals surface area contributed by atoms with Crippen molar-refractivity contribution in [3.8, 4) is 0 Å². The number of carbonyl (C=O) groups is 1. The van der Waals surface area contributed by atoms with Crippen LogP contribution < -0.4 is 4.72 Å². The molecular formula is C14H17NO3S. The zero-order valence-corrected chi connectivity index (χ0v) is 11.7. The van der Waals surface area contributed by atoms with E-state index in [0.29, 0.717) is 18.4 Å². The molecule has 1 saturated carbocycles. The van der Waals surface area contributed by atoms with Crippen LogP contribution in [0, 0.1) is 6.92 Å². The van der Waals surface area contributed by atoms with E-state index in [1.165, 1.54) is 6.20 Å². The average Bonchev–Trinajstić information content (AvgIpc) is 2.38. The van der Waals surface area contributed by atoms with Crippen LogP contribution in [0.4, 0.5) is 0 Å². The molecule has 0 heterocycles. The number of rotatable bonds is 3. The number of benzene rings is 1. The van der Waals surface area contributed by atoms with Gasteiger partial charge >= 0.3 is 0 Å². The van der Waals surface area contributed by atoms with Crippen molar-refractivity contribution in [3.63, 3.8) is 0 Å². The third-order valence-corrected chi connectivity index (χ3v) is 4.50. The van der Waals surface area contributed by atoms with Crippen LogP contribution in [0.1, 0.15) is 31.2 Å². The summed E-state index contributed by atoms with van der Waals surface area (Å²) < 4.78 is 26.4. The number of hydrogen-bond donors (Lipinski definition) is 1. The fraction of sp³-hybridized carbons (Fsp3) is 0.357. The Bertz CT molecular complexity index is 600. The molecule has 1 N–H and O–H groups in total. The second-order valence-electron chi connectivity index (χ2n) is 4.73. The first kappa shape index (κ1) is 13.8. The zero-order chi connectivity index (χ0) is 13.9. The van der Waals surface area contributed by atoms with Gasteiger partial charge in [-0.05, 0) is 38.3 Å². The van der Waals surface area contributed by atoms with E-state index >= 15 is 0 Å². The van der Waals surface area contributed by atoms with Crippen LogP contribution in [-0.2, 0) is 14.8 Å². The molecule has 0 bridgehead atoms. The number of hydrogen-bond acceptors (Lipinski definition) is 3. The summed E-state index contributed by atoms with van der Waals surface area (Å²) in [6.45, 7) is 1.90. The molecule has 102 valence electrons. The molecule has 0 aromatic heterocycles. The van der Waals surface area contributed by atoms with Crippen molar-refractivity contribution < 1.29 is 13.2 Å². The van der Waals surface area contributed by atoms with E-state index in [9.17, 15) is 13.2 Å². The summed E-state index contributed by atoms with van der Waals surface area (Å²) in [6.07, 6.45) is 4.33. The molecule has 1 aliphatic rings. The topological polar surface area (TPSA) is 63.2 Å². The summed E-state index contributed by atoms with van der Waals surface area (Å²) in [6, 6.07) is 6.60. The molecule has 0 saturated heterocycles. The molecule has 1 aromatic carbocycles. The van der Waals surface area contributed by atoms with Gasteiger partial charge in [-0.1, -0.05) is 17.7 Å². The van der Waals surface area contributed by atoms with Crippen molar-refractivity contribution in [2.45, 2.75) is 37.5 Å². The number of Topliss-reactive ketones (excluding diaryl/α,β-unsaturated/α-hetero) is 1. The normalized spacial score (nSPS) is 18.6. The summed E-state index contributed by atoms with van der Waals surface area (Å²) in [5.74, 6) is 0.0397. The Morgan fingerprint density at radius 2 is 1.74 bits per heavy atom. The van der Waals surface area contributed by atoms with Crippen LogP contribution in [0.2, 0.25) is 0 Å². The molecule has 0 unspecified atom stereocenters. The SMILES string of the molecule is Cc1ccc(S(=O)(=O)NC=C2CCCCC2=O)cc1. The molecular weight excluding hydrogens is 262 g/mol. The van der Waals surface area contributed by atoms with E-state index in [1.807, 2.05) is 6.92 Å². The van der Waals surface area contributed by atoms with Gasteiger partial charge in [0.1, 0.15) is 0 Å². The molecule has 1 aliphatic carbocycles. The summed E-state index contributed by atoms with van der Waals surface area (Å²) in [4.78, 5) is 11.8.